The van der Waals surface area contributed by atoms with E-state index in [9.17, 15) is 23.9 Å². The zero-order valence-electron chi connectivity index (χ0n) is 13.7. The van der Waals surface area contributed by atoms with Crippen LogP contribution >= 0.6 is 11.6 Å². The Morgan fingerprint density at radius 1 is 1.40 bits per heavy atom. The molecule has 1 N–H and O–H groups in total. The van der Waals surface area contributed by atoms with Crippen LogP contribution in [0.4, 0.5) is 9.18 Å². The lowest BCUT2D eigenvalue weighted by Gasteiger charge is -2.37. The number of nitrogens with zero attached hydrogens (tertiary/aromatic N) is 1. The molecule has 1 fully saturated rings. The second kappa shape index (κ2) is 8.29. The quantitative estimate of drug-likeness (QED) is 0.633. The van der Waals surface area contributed by atoms with Gasteiger partial charge in [0.05, 0.1) is 12.6 Å². The number of likely N-dealkylation sites (tertiary alicyclic amines) is 1. The van der Waals surface area contributed by atoms with Gasteiger partial charge in [-0.2, -0.15) is 0 Å². The molecular weight excluding hydrogens is 353 g/mol. The first kappa shape index (κ1) is 19.2. The van der Waals surface area contributed by atoms with Crippen molar-refractivity contribution in [2.24, 2.45) is 5.92 Å². The molecule has 1 aromatic rings. The highest BCUT2D eigenvalue weighted by molar-refractivity contribution is 6.31. The molecule has 0 aromatic heterocycles. The van der Waals surface area contributed by atoms with Crippen LogP contribution in [0.1, 0.15) is 37.8 Å². The third kappa shape index (κ3) is 4.69. The van der Waals surface area contributed by atoms with Gasteiger partial charge in [0, 0.05) is 17.5 Å². The second-order valence-corrected chi connectivity index (χ2v) is 6.23. The van der Waals surface area contributed by atoms with Gasteiger partial charge in [-0.3, -0.25) is 9.59 Å². The van der Waals surface area contributed by atoms with E-state index >= 15 is 0 Å². The maximum atomic E-state index is 13.3. The van der Waals surface area contributed by atoms with E-state index in [0.717, 1.165) is 6.07 Å². The number of carboxylic acid groups (broad SMARTS) is 1. The van der Waals surface area contributed by atoms with Crippen LogP contribution in [-0.4, -0.2) is 41.0 Å². The van der Waals surface area contributed by atoms with Gasteiger partial charge in [0.2, 0.25) is 0 Å². The van der Waals surface area contributed by atoms with Gasteiger partial charge >= 0.3 is 12.1 Å². The lowest BCUT2D eigenvalue weighted by Crippen LogP contribution is -2.42. The maximum Gasteiger partial charge on any atom is 0.407 e. The average molecular weight is 372 g/mol. The summed E-state index contributed by atoms with van der Waals surface area (Å²) in [4.78, 5) is 36.5. The molecule has 0 aliphatic carbocycles. The lowest BCUT2D eigenvalue weighted by atomic mass is 9.84. The highest BCUT2D eigenvalue weighted by atomic mass is 35.5. The number of esters is 1. The molecule has 136 valence electrons. The zero-order chi connectivity index (χ0) is 18.6. The first-order valence-electron chi connectivity index (χ1n) is 7.96. The topological polar surface area (TPSA) is 83.9 Å². The predicted octanol–water partition coefficient (Wildman–Crippen LogP) is 3.43. The van der Waals surface area contributed by atoms with Gasteiger partial charge in [-0.1, -0.05) is 17.7 Å². The van der Waals surface area contributed by atoms with Gasteiger partial charge < -0.3 is 14.7 Å². The Morgan fingerprint density at radius 3 is 2.72 bits per heavy atom. The largest absolute Gasteiger partial charge is 0.466 e. The van der Waals surface area contributed by atoms with E-state index < -0.39 is 29.8 Å². The van der Waals surface area contributed by atoms with Crippen LogP contribution in [0.5, 0.6) is 0 Å². The highest BCUT2D eigenvalue weighted by Crippen LogP contribution is 2.38. The number of carbonyl (C=O) groups excluding carboxylic acids is 2. The van der Waals surface area contributed by atoms with Gasteiger partial charge in [0.1, 0.15) is 18.0 Å². The molecule has 1 heterocycles. The van der Waals surface area contributed by atoms with Gasteiger partial charge in [-0.25, -0.2) is 9.18 Å². The number of carbonyl (C=O) groups is 3. The summed E-state index contributed by atoms with van der Waals surface area (Å²) in [5.74, 6) is -1.89. The van der Waals surface area contributed by atoms with Crippen LogP contribution in [0.2, 0.25) is 5.02 Å². The van der Waals surface area contributed by atoms with E-state index in [1.807, 2.05) is 0 Å². The summed E-state index contributed by atoms with van der Waals surface area (Å²) >= 11 is 6.07. The smallest absolute Gasteiger partial charge is 0.407 e. The molecule has 25 heavy (non-hydrogen) atoms. The molecule has 2 unspecified atom stereocenters. The fraction of sp³-hybridized carbons (Fsp3) is 0.471. The van der Waals surface area contributed by atoms with Crippen molar-refractivity contribution >= 4 is 29.4 Å². The Labute approximate surface area is 149 Å². The standard InChI is InChI=1S/C17H19ClFNO5/c1-2-25-16(22)9-15(21)10-5-6-20(17(23)24)14(7-10)12-4-3-11(19)8-13(12)18/h3-4,8,10,14H,2,5-7,9H2,1H3,(H,23,24). The molecule has 1 saturated heterocycles. The summed E-state index contributed by atoms with van der Waals surface area (Å²) in [6.07, 6.45) is -0.966. The first-order valence-corrected chi connectivity index (χ1v) is 8.34. The van der Waals surface area contributed by atoms with Gasteiger partial charge in [-0.05, 0) is 37.5 Å². The monoisotopic (exact) mass is 371 g/mol. The molecule has 6 nitrogen and oxygen atoms in total. The van der Waals surface area contributed by atoms with Crippen molar-refractivity contribution in [1.29, 1.82) is 0 Å². The lowest BCUT2D eigenvalue weighted by molar-refractivity contribution is -0.146. The fourth-order valence-electron chi connectivity index (χ4n) is 3.05. The minimum Gasteiger partial charge on any atom is -0.466 e. The third-order valence-corrected chi connectivity index (χ3v) is 4.58. The molecule has 1 amide bonds. The molecular formula is C17H19ClFNO5. The van der Waals surface area contributed by atoms with Crippen LogP contribution < -0.4 is 0 Å². The Balaban J connectivity index is 2.20. The number of benzene rings is 1. The minimum absolute atomic E-state index is 0.106. The normalized spacial score (nSPS) is 20.2. The summed E-state index contributed by atoms with van der Waals surface area (Å²) in [5, 5.41) is 9.51. The minimum atomic E-state index is -1.14. The van der Waals surface area contributed by atoms with Crippen molar-refractivity contribution in [2.75, 3.05) is 13.2 Å². The molecule has 1 aliphatic heterocycles. The molecule has 0 radical (unpaired) electrons. The van der Waals surface area contributed by atoms with Crippen molar-refractivity contribution < 1.29 is 28.6 Å². The number of hydrogen-bond acceptors (Lipinski definition) is 4. The van der Waals surface area contributed by atoms with Gasteiger partial charge in [0.25, 0.3) is 0 Å². The molecule has 1 aliphatic rings. The van der Waals surface area contributed by atoms with Crippen LogP contribution in [-0.2, 0) is 14.3 Å². The van der Waals surface area contributed by atoms with E-state index in [-0.39, 0.29) is 36.8 Å². The Hall–Kier alpha value is -2.15. The molecule has 0 saturated carbocycles. The Morgan fingerprint density at radius 2 is 2.12 bits per heavy atom. The van der Waals surface area contributed by atoms with Gasteiger partial charge in [0.15, 0.2) is 0 Å². The highest BCUT2D eigenvalue weighted by Gasteiger charge is 2.37. The Kier molecular flexibility index (Phi) is 6.36. The second-order valence-electron chi connectivity index (χ2n) is 5.83. The summed E-state index contributed by atoms with van der Waals surface area (Å²) in [7, 11) is 0. The summed E-state index contributed by atoms with van der Waals surface area (Å²) in [6, 6.07) is 3.07. The van der Waals surface area contributed by atoms with Crippen molar-refractivity contribution in [3.05, 3.63) is 34.6 Å². The van der Waals surface area contributed by atoms with Crippen molar-refractivity contribution in [1.82, 2.24) is 4.90 Å². The number of ether oxygens (including phenoxy) is 1. The van der Waals surface area contributed by atoms with E-state index in [4.69, 9.17) is 16.3 Å². The van der Waals surface area contributed by atoms with Crippen molar-refractivity contribution in [3.63, 3.8) is 0 Å². The molecule has 0 spiro atoms. The number of rotatable bonds is 5. The average Bonchev–Trinajstić information content (AvgIpc) is 2.54. The van der Waals surface area contributed by atoms with Crippen LogP contribution in [0.15, 0.2) is 18.2 Å². The summed E-state index contributed by atoms with van der Waals surface area (Å²) in [5.41, 5.74) is 0.444. The molecule has 1 aromatic carbocycles. The van der Waals surface area contributed by atoms with E-state index in [0.29, 0.717) is 12.0 Å². The maximum absolute atomic E-state index is 13.3. The predicted molar refractivity (Wildman–Crippen MR) is 87.9 cm³/mol. The number of amides is 1. The summed E-state index contributed by atoms with van der Waals surface area (Å²) in [6.45, 7) is 1.98. The van der Waals surface area contributed by atoms with Crippen LogP contribution in [0, 0.1) is 11.7 Å². The molecule has 0 bridgehead atoms. The summed E-state index contributed by atoms with van der Waals surface area (Å²) < 4.78 is 18.1. The van der Waals surface area contributed by atoms with Crippen molar-refractivity contribution in [3.8, 4) is 0 Å². The molecule has 2 rings (SSSR count). The third-order valence-electron chi connectivity index (χ3n) is 4.25. The zero-order valence-corrected chi connectivity index (χ0v) is 14.5. The number of piperidine rings is 1. The van der Waals surface area contributed by atoms with Crippen LogP contribution in [0.25, 0.3) is 0 Å². The SMILES string of the molecule is CCOC(=O)CC(=O)C1CCN(C(=O)O)C(c2ccc(F)cc2Cl)C1. The Bertz CT molecular complexity index is 681. The number of Topliss-reactive ketones (excluding diaryl/α,β-unsaturated/α-hetero) is 1. The van der Waals surface area contributed by atoms with Gasteiger partial charge in [-0.15, -0.1) is 0 Å². The first-order chi connectivity index (χ1) is 11.8. The van der Waals surface area contributed by atoms with E-state index in [1.165, 1.54) is 17.0 Å². The van der Waals surface area contributed by atoms with E-state index in [2.05, 4.69) is 0 Å². The van der Waals surface area contributed by atoms with Crippen molar-refractivity contribution in [2.45, 2.75) is 32.2 Å². The number of halogens is 2. The molecule has 2 atom stereocenters. The fourth-order valence-corrected chi connectivity index (χ4v) is 3.35. The van der Waals surface area contributed by atoms with E-state index in [1.54, 1.807) is 6.92 Å². The molecule has 8 heteroatoms. The number of ketones is 1. The number of hydrogen-bond donors (Lipinski definition) is 1. The van der Waals surface area contributed by atoms with Crippen LogP contribution in [0.3, 0.4) is 0 Å².